The van der Waals surface area contributed by atoms with Crippen LogP contribution in [0, 0.1) is 11.3 Å². The molecule has 0 aliphatic heterocycles. The maximum atomic E-state index is 10.6. The highest BCUT2D eigenvalue weighted by Crippen LogP contribution is 1.82. The van der Waals surface area contributed by atoms with Crippen LogP contribution in [0.1, 0.15) is 13.3 Å². The molecule has 1 N–H and O–H groups in total. The lowest BCUT2D eigenvalue weighted by molar-refractivity contribution is -0.123. The number of rotatable bonds is 3. The predicted octanol–water partition coefficient (Wildman–Crippen LogP) is 0.00868. The molecule has 0 saturated carbocycles. The number of nitrogens with zero attached hydrogens (tertiary/aromatic N) is 1. The van der Waals surface area contributed by atoms with Crippen LogP contribution in [0.25, 0.3) is 0 Å². The maximum Gasteiger partial charge on any atom is 0.236 e. The van der Waals surface area contributed by atoms with Gasteiger partial charge in [0, 0.05) is 7.11 Å². The van der Waals surface area contributed by atoms with E-state index in [0.717, 1.165) is 0 Å². The minimum Gasteiger partial charge on any atom is -0.362 e. The predicted molar refractivity (Wildman–Crippen MR) is 34.8 cm³/mol. The Morgan fingerprint density at radius 1 is 1.90 bits per heavy atom. The topological polar surface area (TPSA) is 62.1 Å². The number of hydrogen-bond donors (Lipinski definition) is 1. The minimum atomic E-state index is -0.319. The van der Waals surface area contributed by atoms with E-state index in [1.165, 1.54) is 7.11 Å². The van der Waals surface area contributed by atoms with Gasteiger partial charge in [-0.15, -0.1) is 0 Å². The molecule has 0 rings (SSSR count). The van der Waals surface area contributed by atoms with Gasteiger partial charge in [-0.1, -0.05) is 0 Å². The summed E-state index contributed by atoms with van der Waals surface area (Å²) in [7, 11) is 1.48. The van der Waals surface area contributed by atoms with Gasteiger partial charge in [0.15, 0.2) is 0 Å². The molecule has 0 aliphatic carbocycles. The van der Waals surface area contributed by atoms with E-state index in [2.05, 4.69) is 5.32 Å². The first kappa shape index (κ1) is 8.92. The Balaban J connectivity index is 3.49. The second-order valence-electron chi connectivity index (χ2n) is 1.78. The molecule has 56 valence electrons. The van der Waals surface area contributed by atoms with Crippen molar-refractivity contribution in [2.24, 2.45) is 0 Å². The highest BCUT2D eigenvalue weighted by Gasteiger charge is 2.03. The molecule has 0 aromatic carbocycles. The zero-order valence-electron chi connectivity index (χ0n) is 6.05. The van der Waals surface area contributed by atoms with Crippen molar-refractivity contribution in [2.45, 2.75) is 19.6 Å². The van der Waals surface area contributed by atoms with E-state index in [9.17, 15) is 4.79 Å². The molecule has 0 aromatic rings. The van der Waals surface area contributed by atoms with E-state index in [0.29, 0.717) is 0 Å². The van der Waals surface area contributed by atoms with Crippen molar-refractivity contribution >= 4 is 5.91 Å². The van der Waals surface area contributed by atoms with Gasteiger partial charge >= 0.3 is 0 Å². The number of carbonyl (C=O) groups is 1. The molecular formula is C6H10N2O2. The van der Waals surface area contributed by atoms with E-state index in [-0.39, 0.29) is 18.6 Å². The molecule has 0 saturated heterocycles. The van der Waals surface area contributed by atoms with Gasteiger partial charge in [-0.25, -0.2) is 0 Å². The van der Waals surface area contributed by atoms with Crippen LogP contribution in [0.3, 0.4) is 0 Å². The quantitative estimate of drug-likeness (QED) is 0.564. The third-order valence-corrected chi connectivity index (χ3v) is 0.957. The summed E-state index contributed by atoms with van der Waals surface area (Å²) < 4.78 is 4.73. The summed E-state index contributed by atoms with van der Waals surface area (Å²) in [5.41, 5.74) is 0. The molecule has 0 fully saturated rings. The Labute approximate surface area is 59.8 Å². The van der Waals surface area contributed by atoms with Gasteiger partial charge in [-0.3, -0.25) is 4.79 Å². The second-order valence-corrected chi connectivity index (χ2v) is 1.78. The standard InChI is InChI=1S/C6H10N2O2/c1-5(10-2)8-6(9)3-4-7/h5H,3H2,1-2H3,(H,8,9). The van der Waals surface area contributed by atoms with Gasteiger partial charge < -0.3 is 10.1 Å². The van der Waals surface area contributed by atoms with Crippen molar-refractivity contribution in [2.75, 3.05) is 7.11 Å². The van der Waals surface area contributed by atoms with Gasteiger partial charge in [0.1, 0.15) is 12.6 Å². The number of nitrogens with one attached hydrogen (secondary N) is 1. The molecule has 1 amide bonds. The van der Waals surface area contributed by atoms with Gasteiger partial charge in [0.05, 0.1) is 6.07 Å². The third-order valence-electron chi connectivity index (χ3n) is 0.957. The fourth-order valence-corrected chi connectivity index (χ4v) is 0.408. The lowest BCUT2D eigenvalue weighted by Gasteiger charge is -2.09. The lowest BCUT2D eigenvalue weighted by Crippen LogP contribution is -2.33. The fourth-order valence-electron chi connectivity index (χ4n) is 0.408. The van der Waals surface area contributed by atoms with Crippen molar-refractivity contribution in [1.29, 1.82) is 5.26 Å². The summed E-state index contributed by atoms with van der Waals surface area (Å²) in [6, 6.07) is 1.73. The normalized spacial score (nSPS) is 11.7. The van der Waals surface area contributed by atoms with Crippen LogP contribution in [-0.2, 0) is 9.53 Å². The summed E-state index contributed by atoms with van der Waals surface area (Å²) in [4.78, 5) is 10.6. The molecule has 0 aliphatic rings. The van der Waals surface area contributed by atoms with E-state index in [4.69, 9.17) is 10.00 Å². The van der Waals surface area contributed by atoms with Crippen LogP contribution >= 0.6 is 0 Å². The van der Waals surface area contributed by atoms with Crippen LogP contribution in [-0.4, -0.2) is 19.2 Å². The zero-order chi connectivity index (χ0) is 7.98. The Kier molecular flexibility index (Phi) is 4.25. The Morgan fingerprint density at radius 2 is 2.50 bits per heavy atom. The number of amides is 1. The number of nitriles is 1. The van der Waals surface area contributed by atoms with E-state index in [1.54, 1.807) is 13.0 Å². The maximum absolute atomic E-state index is 10.6. The van der Waals surface area contributed by atoms with Gasteiger partial charge in [-0.05, 0) is 6.92 Å². The first-order valence-corrected chi connectivity index (χ1v) is 2.89. The van der Waals surface area contributed by atoms with Gasteiger partial charge in [0.2, 0.25) is 5.91 Å². The fraction of sp³-hybridized carbons (Fsp3) is 0.667. The zero-order valence-corrected chi connectivity index (χ0v) is 6.05. The largest absolute Gasteiger partial charge is 0.362 e. The molecule has 0 heterocycles. The van der Waals surface area contributed by atoms with Gasteiger partial charge in [-0.2, -0.15) is 5.26 Å². The second kappa shape index (κ2) is 4.77. The highest BCUT2D eigenvalue weighted by atomic mass is 16.5. The lowest BCUT2D eigenvalue weighted by atomic mass is 10.4. The Hall–Kier alpha value is -1.08. The molecule has 10 heavy (non-hydrogen) atoms. The summed E-state index contributed by atoms with van der Waals surface area (Å²) in [6.45, 7) is 1.69. The molecule has 1 atom stereocenters. The van der Waals surface area contributed by atoms with Gasteiger partial charge in [0.25, 0.3) is 0 Å². The molecule has 0 bridgehead atoms. The summed E-state index contributed by atoms with van der Waals surface area (Å²) >= 11 is 0. The van der Waals surface area contributed by atoms with Crippen LogP contribution in [0.15, 0.2) is 0 Å². The van der Waals surface area contributed by atoms with E-state index in [1.807, 2.05) is 0 Å². The van der Waals surface area contributed by atoms with Crippen molar-refractivity contribution in [3.8, 4) is 6.07 Å². The Bertz CT molecular complexity index is 150. The van der Waals surface area contributed by atoms with Crippen molar-refractivity contribution in [3.05, 3.63) is 0 Å². The average molecular weight is 142 g/mol. The van der Waals surface area contributed by atoms with Crippen molar-refractivity contribution in [3.63, 3.8) is 0 Å². The average Bonchev–Trinajstić information content (AvgIpc) is 1.88. The molecule has 1 unspecified atom stereocenters. The first-order valence-electron chi connectivity index (χ1n) is 2.89. The van der Waals surface area contributed by atoms with E-state index >= 15 is 0 Å². The third kappa shape index (κ3) is 3.87. The number of hydrogen-bond acceptors (Lipinski definition) is 3. The molecular weight excluding hydrogens is 132 g/mol. The molecule has 0 aromatic heterocycles. The Morgan fingerprint density at radius 3 is 2.90 bits per heavy atom. The van der Waals surface area contributed by atoms with Crippen LogP contribution in [0.4, 0.5) is 0 Å². The minimum absolute atomic E-state index is 0.117. The molecule has 0 radical (unpaired) electrons. The van der Waals surface area contributed by atoms with E-state index < -0.39 is 0 Å². The smallest absolute Gasteiger partial charge is 0.236 e. The SMILES string of the molecule is COC(C)NC(=O)CC#N. The van der Waals surface area contributed by atoms with Crippen molar-refractivity contribution in [1.82, 2.24) is 5.32 Å². The van der Waals surface area contributed by atoms with Crippen LogP contribution in [0.5, 0.6) is 0 Å². The number of methoxy groups -OCH3 is 1. The van der Waals surface area contributed by atoms with Crippen LogP contribution in [0.2, 0.25) is 0 Å². The van der Waals surface area contributed by atoms with Crippen LogP contribution < -0.4 is 5.32 Å². The summed E-state index contributed by atoms with van der Waals surface area (Å²) in [5.74, 6) is -0.308. The number of ether oxygens (including phenoxy) is 1. The summed E-state index contributed by atoms with van der Waals surface area (Å²) in [6.07, 6.45) is -0.436. The summed E-state index contributed by atoms with van der Waals surface area (Å²) in [5, 5.41) is 10.5. The molecule has 4 heteroatoms. The first-order chi connectivity index (χ1) is 4.70. The highest BCUT2D eigenvalue weighted by molar-refractivity contribution is 5.78. The molecule has 4 nitrogen and oxygen atoms in total. The van der Waals surface area contributed by atoms with Crippen molar-refractivity contribution < 1.29 is 9.53 Å². The molecule has 0 spiro atoms. The number of carbonyl (C=O) groups excluding carboxylic acids is 1. The monoisotopic (exact) mass is 142 g/mol.